The van der Waals surface area contributed by atoms with Crippen molar-refractivity contribution in [3.63, 3.8) is 0 Å². The molecule has 1 rings (SSSR count). The predicted octanol–water partition coefficient (Wildman–Crippen LogP) is -0.255. The van der Waals surface area contributed by atoms with Crippen molar-refractivity contribution >= 4 is 11.9 Å². The van der Waals surface area contributed by atoms with E-state index in [1.54, 1.807) is 4.90 Å². The van der Waals surface area contributed by atoms with Gasteiger partial charge in [0.1, 0.15) is 6.04 Å². The van der Waals surface area contributed by atoms with Gasteiger partial charge in [0.05, 0.1) is 7.11 Å². The van der Waals surface area contributed by atoms with Gasteiger partial charge in [-0.3, -0.25) is 9.59 Å². The van der Waals surface area contributed by atoms with Gasteiger partial charge in [-0.05, 0) is 12.3 Å². The molecule has 1 amide bonds. The summed E-state index contributed by atoms with van der Waals surface area (Å²) in [5.74, 6) is 0.0843. The lowest BCUT2D eigenvalue weighted by Gasteiger charge is -2.32. The molecule has 1 aliphatic heterocycles. The third-order valence-electron chi connectivity index (χ3n) is 2.66. The number of nitrogens with zero attached hydrogens (tertiary/aromatic N) is 1. The molecule has 0 spiro atoms. The van der Waals surface area contributed by atoms with Gasteiger partial charge >= 0.3 is 5.97 Å². The van der Waals surface area contributed by atoms with Gasteiger partial charge in [0, 0.05) is 19.5 Å². The summed E-state index contributed by atoms with van der Waals surface area (Å²) >= 11 is 0. The fourth-order valence-corrected chi connectivity index (χ4v) is 1.74. The Bertz CT molecular complexity index is 255. The van der Waals surface area contributed by atoms with E-state index in [9.17, 15) is 9.59 Å². The molecule has 15 heavy (non-hydrogen) atoms. The van der Waals surface area contributed by atoms with Crippen LogP contribution in [-0.2, 0) is 14.3 Å². The first-order valence-electron chi connectivity index (χ1n) is 5.15. The number of ether oxygens (including phenoxy) is 1. The Morgan fingerprint density at radius 3 is 3.00 bits per heavy atom. The zero-order valence-electron chi connectivity index (χ0n) is 9.23. The van der Waals surface area contributed by atoms with Gasteiger partial charge in [0.25, 0.3) is 0 Å². The molecule has 0 bridgehead atoms. The molecular weight excluding hydrogens is 196 g/mol. The minimum absolute atomic E-state index is 0.0763. The van der Waals surface area contributed by atoms with Gasteiger partial charge in [-0.25, -0.2) is 0 Å². The summed E-state index contributed by atoms with van der Waals surface area (Å²) in [7, 11) is 1.29. The highest BCUT2D eigenvalue weighted by atomic mass is 16.5. The zero-order chi connectivity index (χ0) is 11.4. The van der Waals surface area contributed by atoms with Crippen LogP contribution in [0.5, 0.6) is 0 Å². The molecule has 5 nitrogen and oxygen atoms in total. The van der Waals surface area contributed by atoms with Crippen molar-refractivity contribution in [3.8, 4) is 0 Å². The topological polar surface area (TPSA) is 72.6 Å². The van der Waals surface area contributed by atoms with Crippen LogP contribution in [0.3, 0.4) is 0 Å². The average molecular weight is 214 g/mol. The van der Waals surface area contributed by atoms with Crippen LogP contribution in [0.15, 0.2) is 0 Å². The number of methoxy groups -OCH3 is 1. The molecule has 0 aliphatic carbocycles. The second kappa shape index (κ2) is 5.11. The van der Waals surface area contributed by atoms with Crippen molar-refractivity contribution in [2.24, 2.45) is 11.7 Å². The Kier molecular flexibility index (Phi) is 4.08. The number of carbonyl (C=O) groups is 2. The molecule has 1 aliphatic rings. The monoisotopic (exact) mass is 214 g/mol. The Morgan fingerprint density at radius 1 is 1.73 bits per heavy atom. The third kappa shape index (κ3) is 3.20. The van der Waals surface area contributed by atoms with Crippen LogP contribution in [0.1, 0.15) is 19.8 Å². The number of nitrogens with two attached hydrogens (primary N) is 1. The summed E-state index contributed by atoms with van der Waals surface area (Å²) in [5.41, 5.74) is 5.60. The first kappa shape index (κ1) is 12.0. The first-order chi connectivity index (χ1) is 7.04. The summed E-state index contributed by atoms with van der Waals surface area (Å²) in [4.78, 5) is 24.2. The van der Waals surface area contributed by atoms with E-state index in [0.717, 1.165) is 6.42 Å². The number of hydrogen-bond acceptors (Lipinski definition) is 4. The van der Waals surface area contributed by atoms with Crippen molar-refractivity contribution in [1.29, 1.82) is 0 Å². The molecule has 1 heterocycles. The van der Waals surface area contributed by atoms with Crippen LogP contribution in [0, 0.1) is 5.92 Å². The van der Waals surface area contributed by atoms with Crippen LogP contribution in [0.2, 0.25) is 0 Å². The van der Waals surface area contributed by atoms with Crippen LogP contribution < -0.4 is 5.73 Å². The maximum absolute atomic E-state index is 11.5. The van der Waals surface area contributed by atoms with Crippen molar-refractivity contribution in [3.05, 3.63) is 0 Å². The maximum atomic E-state index is 11.5. The van der Waals surface area contributed by atoms with Crippen LogP contribution in [-0.4, -0.2) is 43.0 Å². The van der Waals surface area contributed by atoms with E-state index in [1.165, 1.54) is 7.11 Å². The highest BCUT2D eigenvalue weighted by molar-refractivity contribution is 5.79. The van der Waals surface area contributed by atoms with E-state index < -0.39 is 12.0 Å². The number of esters is 1. The summed E-state index contributed by atoms with van der Waals surface area (Å²) in [6.45, 7) is 3.03. The zero-order valence-corrected chi connectivity index (χ0v) is 9.23. The minimum atomic E-state index is -0.732. The molecule has 5 heteroatoms. The van der Waals surface area contributed by atoms with E-state index in [-0.39, 0.29) is 12.5 Å². The molecule has 2 N–H and O–H groups in total. The quantitative estimate of drug-likeness (QED) is 0.657. The largest absolute Gasteiger partial charge is 0.468 e. The van der Waals surface area contributed by atoms with E-state index in [0.29, 0.717) is 18.9 Å². The number of carbonyl (C=O) groups excluding carboxylic acids is 2. The minimum Gasteiger partial charge on any atom is -0.468 e. The average Bonchev–Trinajstić information content (AvgIpc) is 2.22. The number of piperidine rings is 1. The SMILES string of the molecule is COC(=O)C(N)CN1CC(C)CCC1=O. The summed E-state index contributed by atoms with van der Waals surface area (Å²) in [6, 6.07) is -0.732. The summed E-state index contributed by atoms with van der Waals surface area (Å²) in [5, 5.41) is 0. The molecule has 0 aromatic carbocycles. The highest BCUT2D eigenvalue weighted by Gasteiger charge is 2.26. The molecular formula is C10H18N2O3. The molecule has 86 valence electrons. The second-order valence-corrected chi connectivity index (χ2v) is 4.07. The molecule has 0 saturated carbocycles. The smallest absolute Gasteiger partial charge is 0.324 e. The molecule has 1 fully saturated rings. The first-order valence-corrected chi connectivity index (χ1v) is 5.15. The standard InChI is InChI=1S/C10H18N2O3/c1-7-3-4-9(13)12(5-7)6-8(11)10(14)15-2/h7-8H,3-6,11H2,1-2H3. The van der Waals surface area contributed by atoms with Crippen LogP contribution >= 0.6 is 0 Å². The fraction of sp³-hybridized carbons (Fsp3) is 0.800. The predicted molar refractivity (Wildman–Crippen MR) is 55.0 cm³/mol. The van der Waals surface area contributed by atoms with Crippen molar-refractivity contribution < 1.29 is 14.3 Å². The Balaban J connectivity index is 2.48. The summed E-state index contributed by atoms with van der Waals surface area (Å²) in [6.07, 6.45) is 1.47. The van der Waals surface area contributed by atoms with Crippen molar-refractivity contribution in [1.82, 2.24) is 4.90 Å². The number of likely N-dealkylation sites (tertiary alicyclic amines) is 1. The molecule has 0 aromatic rings. The maximum Gasteiger partial charge on any atom is 0.324 e. The second-order valence-electron chi connectivity index (χ2n) is 4.07. The van der Waals surface area contributed by atoms with Crippen molar-refractivity contribution in [2.75, 3.05) is 20.2 Å². The van der Waals surface area contributed by atoms with E-state index in [4.69, 9.17) is 5.73 Å². The van der Waals surface area contributed by atoms with Gasteiger partial charge in [-0.2, -0.15) is 0 Å². The molecule has 2 atom stereocenters. The van der Waals surface area contributed by atoms with Gasteiger partial charge in [0.15, 0.2) is 0 Å². The molecule has 0 aromatic heterocycles. The fourth-order valence-electron chi connectivity index (χ4n) is 1.74. The molecule has 2 unspecified atom stereocenters. The van der Waals surface area contributed by atoms with Crippen molar-refractivity contribution in [2.45, 2.75) is 25.8 Å². The van der Waals surface area contributed by atoms with Gasteiger partial charge < -0.3 is 15.4 Å². The van der Waals surface area contributed by atoms with Crippen LogP contribution in [0.25, 0.3) is 0 Å². The lowest BCUT2D eigenvalue weighted by Crippen LogP contribution is -2.48. The Hall–Kier alpha value is -1.10. The number of rotatable bonds is 3. The van der Waals surface area contributed by atoms with E-state index >= 15 is 0 Å². The van der Waals surface area contributed by atoms with E-state index in [1.807, 2.05) is 0 Å². The lowest BCUT2D eigenvalue weighted by molar-refractivity contribution is -0.144. The van der Waals surface area contributed by atoms with Gasteiger partial charge in [-0.1, -0.05) is 6.92 Å². The Morgan fingerprint density at radius 2 is 2.40 bits per heavy atom. The molecule has 1 saturated heterocycles. The van der Waals surface area contributed by atoms with Gasteiger partial charge in [-0.15, -0.1) is 0 Å². The number of amides is 1. The third-order valence-corrected chi connectivity index (χ3v) is 2.66. The van der Waals surface area contributed by atoms with Gasteiger partial charge in [0.2, 0.25) is 5.91 Å². The normalized spacial score (nSPS) is 23.8. The number of hydrogen-bond donors (Lipinski definition) is 1. The van der Waals surface area contributed by atoms with Crippen LogP contribution in [0.4, 0.5) is 0 Å². The van der Waals surface area contributed by atoms with E-state index in [2.05, 4.69) is 11.7 Å². The summed E-state index contributed by atoms with van der Waals surface area (Å²) < 4.78 is 4.51. The highest BCUT2D eigenvalue weighted by Crippen LogP contribution is 2.16. The Labute approximate surface area is 89.6 Å². The molecule has 0 radical (unpaired) electrons. The lowest BCUT2D eigenvalue weighted by atomic mass is 9.99.